The minimum absolute atomic E-state index is 0.0179. The summed E-state index contributed by atoms with van der Waals surface area (Å²) in [7, 11) is 0. The van der Waals surface area contributed by atoms with Crippen LogP contribution >= 0.6 is 0 Å². The molecule has 0 aliphatic carbocycles. The molecular formula is C18H22F3N3O3. The van der Waals surface area contributed by atoms with Crippen molar-refractivity contribution in [2.75, 3.05) is 44.6 Å². The topological polar surface area (TPSA) is 61.9 Å². The van der Waals surface area contributed by atoms with Gasteiger partial charge in [-0.1, -0.05) is 12.1 Å². The molecule has 148 valence electrons. The second-order valence-electron chi connectivity index (χ2n) is 6.69. The molecule has 1 atom stereocenters. The molecule has 2 aliphatic rings. The van der Waals surface area contributed by atoms with E-state index in [0.29, 0.717) is 32.8 Å². The predicted octanol–water partition coefficient (Wildman–Crippen LogP) is 1.97. The van der Waals surface area contributed by atoms with Gasteiger partial charge in [-0.3, -0.25) is 14.5 Å². The van der Waals surface area contributed by atoms with E-state index in [4.69, 9.17) is 4.74 Å². The Morgan fingerprint density at radius 1 is 1.15 bits per heavy atom. The van der Waals surface area contributed by atoms with E-state index < -0.39 is 17.6 Å². The summed E-state index contributed by atoms with van der Waals surface area (Å²) in [6.07, 6.45) is -3.27. The first-order valence-electron chi connectivity index (χ1n) is 8.93. The molecule has 0 unspecified atom stereocenters. The number of rotatable bonds is 4. The van der Waals surface area contributed by atoms with Crippen molar-refractivity contribution >= 4 is 17.5 Å². The number of nitrogens with zero attached hydrogens (tertiary/aromatic N) is 2. The Hall–Kier alpha value is -2.13. The van der Waals surface area contributed by atoms with Gasteiger partial charge in [0.05, 0.1) is 17.8 Å². The van der Waals surface area contributed by atoms with Crippen LogP contribution in [0.1, 0.15) is 18.4 Å². The van der Waals surface area contributed by atoms with Crippen LogP contribution in [-0.2, 0) is 20.5 Å². The van der Waals surface area contributed by atoms with E-state index in [1.165, 1.54) is 18.2 Å². The largest absolute Gasteiger partial charge is 0.418 e. The number of para-hydroxylation sites is 1. The smallest absolute Gasteiger partial charge is 0.368 e. The zero-order chi connectivity index (χ0) is 19.4. The molecular weight excluding hydrogens is 363 g/mol. The standard InChI is InChI=1S/C18H22F3N3O3/c19-18(20,21)13-4-1-2-5-14(13)22-16(25)12-23-7-9-24(10-8-23)17(26)15-6-3-11-27-15/h1-2,4-5,15H,3,6-12H2,(H,22,25)/t15-/m0/s1. The first-order chi connectivity index (χ1) is 12.8. The predicted molar refractivity (Wildman–Crippen MR) is 92.1 cm³/mol. The highest BCUT2D eigenvalue weighted by atomic mass is 19.4. The second kappa shape index (κ2) is 8.26. The average Bonchev–Trinajstić information content (AvgIpc) is 3.16. The van der Waals surface area contributed by atoms with Crippen molar-refractivity contribution in [3.8, 4) is 0 Å². The Morgan fingerprint density at radius 3 is 2.48 bits per heavy atom. The highest BCUT2D eigenvalue weighted by Crippen LogP contribution is 2.34. The summed E-state index contributed by atoms with van der Waals surface area (Å²) in [5.74, 6) is -0.527. The quantitative estimate of drug-likeness (QED) is 0.861. The van der Waals surface area contributed by atoms with E-state index in [2.05, 4.69) is 5.32 Å². The molecule has 0 bridgehead atoms. The fourth-order valence-corrected chi connectivity index (χ4v) is 3.33. The number of hydrogen-bond acceptors (Lipinski definition) is 4. The van der Waals surface area contributed by atoms with Gasteiger partial charge in [-0.2, -0.15) is 13.2 Å². The SMILES string of the molecule is O=C(CN1CCN(C(=O)[C@@H]2CCCO2)CC1)Nc1ccccc1C(F)(F)F. The van der Waals surface area contributed by atoms with Crippen molar-refractivity contribution in [1.29, 1.82) is 0 Å². The molecule has 0 radical (unpaired) electrons. The molecule has 2 amide bonds. The van der Waals surface area contributed by atoms with Crippen molar-refractivity contribution in [2.24, 2.45) is 0 Å². The van der Waals surface area contributed by atoms with E-state index in [0.717, 1.165) is 18.9 Å². The third kappa shape index (κ3) is 4.98. The van der Waals surface area contributed by atoms with Gasteiger partial charge in [0.15, 0.2) is 0 Å². The highest BCUT2D eigenvalue weighted by molar-refractivity contribution is 5.93. The number of benzene rings is 1. The third-order valence-electron chi connectivity index (χ3n) is 4.76. The first kappa shape index (κ1) is 19.6. The third-order valence-corrected chi connectivity index (χ3v) is 4.76. The Balaban J connectivity index is 1.49. The lowest BCUT2D eigenvalue weighted by atomic mass is 10.1. The van der Waals surface area contributed by atoms with Gasteiger partial charge in [0.2, 0.25) is 5.91 Å². The molecule has 0 spiro atoms. The van der Waals surface area contributed by atoms with Gasteiger partial charge in [-0.15, -0.1) is 0 Å². The molecule has 2 heterocycles. The van der Waals surface area contributed by atoms with Crippen LogP contribution in [0.5, 0.6) is 0 Å². The summed E-state index contributed by atoms with van der Waals surface area (Å²) in [5, 5.41) is 2.34. The van der Waals surface area contributed by atoms with Crippen LogP contribution in [-0.4, -0.2) is 67.0 Å². The van der Waals surface area contributed by atoms with Crippen LogP contribution in [0.2, 0.25) is 0 Å². The Morgan fingerprint density at radius 2 is 1.85 bits per heavy atom. The number of anilines is 1. The highest BCUT2D eigenvalue weighted by Gasteiger charge is 2.34. The lowest BCUT2D eigenvalue weighted by Crippen LogP contribution is -2.52. The summed E-state index contributed by atoms with van der Waals surface area (Å²) >= 11 is 0. The van der Waals surface area contributed by atoms with Gasteiger partial charge < -0.3 is 15.0 Å². The van der Waals surface area contributed by atoms with Gasteiger partial charge in [-0.05, 0) is 25.0 Å². The van der Waals surface area contributed by atoms with E-state index in [9.17, 15) is 22.8 Å². The maximum absolute atomic E-state index is 13.0. The summed E-state index contributed by atoms with van der Waals surface area (Å²) in [4.78, 5) is 28.0. The molecule has 9 heteroatoms. The van der Waals surface area contributed by atoms with Crippen molar-refractivity contribution < 1.29 is 27.5 Å². The molecule has 0 aromatic heterocycles. The van der Waals surface area contributed by atoms with Gasteiger partial charge in [0, 0.05) is 32.8 Å². The molecule has 2 aliphatic heterocycles. The number of hydrogen-bond donors (Lipinski definition) is 1. The number of nitrogens with one attached hydrogen (secondary N) is 1. The van der Waals surface area contributed by atoms with E-state index in [1.54, 1.807) is 4.90 Å². The second-order valence-corrected chi connectivity index (χ2v) is 6.69. The Bertz CT molecular complexity index is 682. The van der Waals surface area contributed by atoms with Gasteiger partial charge in [0.1, 0.15) is 6.10 Å². The summed E-state index contributed by atoms with van der Waals surface area (Å²) in [6.45, 7) is 2.53. The molecule has 1 aromatic carbocycles. The lowest BCUT2D eigenvalue weighted by Gasteiger charge is -2.35. The maximum Gasteiger partial charge on any atom is 0.418 e. The zero-order valence-electron chi connectivity index (χ0n) is 14.8. The van der Waals surface area contributed by atoms with E-state index in [-0.39, 0.29) is 24.2 Å². The van der Waals surface area contributed by atoms with Crippen LogP contribution in [0, 0.1) is 0 Å². The normalized spacial score (nSPS) is 21.3. The Labute approximate surface area is 155 Å². The minimum atomic E-state index is -4.53. The molecule has 2 saturated heterocycles. The number of carbonyl (C=O) groups excluding carboxylic acids is 2. The number of alkyl halides is 3. The van der Waals surface area contributed by atoms with Gasteiger partial charge in [-0.25, -0.2) is 0 Å². The van der Waals surface area contributed by atoms with Crippen LogP contribution in [0.4, 0.5) is 18.9 Å². The van der Waals surface area contributed by atoms with Crippen molar-refractivity contribution in [2.45, 2.75) is 25.1 Å². The Kier molecular flexibility index (Phi) is 6.01. The molecule has 2 fully saturated rings. The molecule has 6 nitrogen and oxygen atoms in total. The van der Waals surface area contributed by atoms with E-state index in [1.807, 2.05) is 4.90 Å². The van der Waals surface area contributed by atoms with Gasteiger partial charge >= 0.3 is 6.18 Å². The van der Waals surface area contributed by atoms with Crippen LogP contribution < -0.4 is 5.32 Å². The average molecular weight is 385 g/mol. The fourth-order valence-electron chi connectivity index (χ4n) is 3.33. The molecule has 27 heavy (non-hydrogen) atoms. The summed E-state index contributed by atoms with van der Waals surface area (Å²) < 4.78 is 44.4. The summed E-state index contributed by atoms with van der Waals surface area (Å²) in [6, 6.07) is 4.90. The molecule has 0 saturated carbocycles. The number of amides is 2. The molecule has 1 aromatic rings. The number of halogens is 3. The number of piperazine rings is 1. The molecule has 1 N–H and O–H groups in total. The summed E-state index contributed by atoms with van der Waals surface area (Å²) in [5.41, 5.74) is -1.12. The van der Waals surface area contributed by atoms with Gasteiger partial charge in [0.25, 0.3) is 5.91 Å². The van der Waals surface area contributed by atoms with Crippen LogP contribution in [0.3, 0.4) is 0 Å². The monoisotopic (exact) mass is 385 g/mol. The zero-order valence-corrected chi connectivity index (χ0v) is 14.8. The molecule has 3 rings (SSSR count). The fraction of sp³-hybridized carbons (Fsp3) is 0.556. The van der Waals surface area contributed by atoms with Crippen LogP contribution in [0.25, 0.3) is 0 Å². The first-order valence-corrected chi connectivity index (χ1v) is 8.93. The van der Waals surface area contributed by atoms with E-state index >= 15 is 0 Å². The van der Waals surface area contributed by atoms with Crippen LogP contribution in [0.15, 0.2) is 24.3 Å². The number of carbonyl (C=O) groups is 2. The van der Waals surface area contributed by atoms with Crippen molar-refractivity contribution in [3.05, 3.63) is 29.8 Å². The minimum Gasteiger partial charge on any atom is -0.368 e. The maximum atomic E-state index is 13.0. The van der Waals surface area contributed by atoms with Crippen molar-refractivity contribution in [1.82, 2.24) is 9.80 Å². The van der Waals surface area contributed by atoms with Crippen molar-refractivity contribution in [3.63, 3.8) is 0 Å². The number of ether oxygens (including phenoxy) is 1. The lowest BCUT2D eigenvalue weighted by molar-refractivity contribution is -0.142.